The molecule has 0 saturated carbocycles. The number of rotatable bonds is 4. The van der Waals surface area contributed by atoms with E-state index in [-0.39, 0.29) is 0 Å². The van der Waals surface area contributed by atoms with Crippen molar-refractivity contribution >= 4 is 65.4 Å². The van der Waals surface area contributed by atoms with Gasteiger partial charge in [0.1, 0.15) is 5.82 Å². The minimum Gasteiger partial charge on any atom is -0.339 e. The first kappa shape index (κ1) is 30.1. The van der Waals surface area contributed by atoms with Crippen LogP contribution in [0.2, 0.25) is 0 Å². The summed E-state index contributed by atoms with van der Waals surface area (Å²) in [6.45, 7) is 0. The molecule has 0 spiro atoms. The Labute approximate surface area is 316 Å². The van der Waals surface area contributed by atoms with Crippen molar-refractivity contribution in [3.05, 3.63) is 188 Å². The van der Waals surface area contributed by atoms with Crippen LogP contribution in [0.15, 0.2) is 188 Å². The third-order valence-corrected chi connectivity index (χ3v) is 11.4. The molecule has 0 atom stereocenters. The van der Waals surface area contributed by atoms with Crippen molar-refractivity contribution in [2.24, 2.45) is 0 Å². The van der Waals surface area contributed by atoms with Crippen LogP contribution in [0, 0.1) is 0 Å². The zero-order valence-electron chi connectivity index (χ0n) is 29.7. The molecule has 0 radical (unpaired) electrons. The Morgan fingerprint density at radius 1 is 0.364 bits per heavy atom. The second-order valence-corrected chi connectivity index (χ2v) is 14.5. The summed E-state index contributed by atoms with van der Waals surface area (Å²) in [5, 5.41) is 7.31. The summed E-state index contributed by atoms with van der Waals surface area (Å²) in [5.41, 5.74) is 15.1. The standard InChI is InChI=1S/C51H32N4/c1-3-11-37(12-4-1)54-47-18-10-8-16-40(47)41-28-34(21-24-48(41)54)35-22-26-50-43(30-35)42-29-33(20-25-49(42)55(50)38-13-5-2-6-14-38)32-19-23-45-36(27-32)31-44-39-15-7-9-17-46(39)53-51(44)52-45/h1-31H,(H,52,53). The van der Waals surface area contributed by atoms with Gasteiger partial charge in [0.05, 0.1) is 27.6 Å². The van der Waals surface area contributed by atoms with Gasteiger partial charge in [-0.3, -0.25) is 0 Å². The molecule has 2 aliphatic heterocycles. The van der Waals surface area contributed by atoms with Gasteiger partial charge in [-0.15, -0.1) is 0 Å². The first-order chi connectivity index (χ1) is 27.2. The quantitative estimate of drug-likeness (QED) is 0.195. The molecule has 0 fully saturated rings. The van der Waals surface area contributed by atoms with Crippen LogP contribution < -0.4 is 0 Å². The average molecular weight is 701 g/mol. The van der Waals surface area contributed by atoms with E-state index in [4.69, 9.17) is 4.98 Å². The zero-order chi connectivity index (χ0) is 36.0. The van der Waals surface area contributed by atoms with Gasteiger partial charge in [0.2, 0.25) is 0 Å². The SMILES string of the molecule is c1ccc(-n2c3ccccc3c3cc(-c4ccc5c(c4)c4cc(-c6ccc7[nH]c8nc9ccccc9c-8cc7c6)ccc4n5-c4ccccc4)ccc32)cc1. The Hall–Kier alpha value is -7.43. The molecule has 10 aromatic rings. The molecular weight excluding hydrogens is 669 g/mol. The first-order valence-corrected chi connectivity index (χ1v) is 18.8. The van der Waals surface area contributed by atoms with Crippen LogP contribution in [0.5, 0.6) is 0 Å². The summed E-state index contributed by atoms with van der Waals surface area (Å²) in [4.78, 5) is 8.44. The van der Waals surface area contributed by atoms with Crippen molar-refractivity contribution in [3.63, 3.8) is 0 Å². The predicted octanol–water partition coefficient (Wildman–Crippen LogP) is 13.3. The summed E-state index contributed by atoms with van der Waals surface area (Å²) >= 11 is 0. The van der Waals surface area contributed by atoms with E-state index in [0.29, 0.717) is 0 Å². The third kappa shape index (κ3) is 4.55. The molecule has 4 heterocycles. The maximum absolute atomic E-state index is 4.85. The maximum Gasteiger partial charge on any atom is 0.139 e. The molecule has 0 amide bonds. The van der Waals surface area contributed by atoms with Crippen LogP contribution in [0.25, 0.3) is 110 Å². The average Bonchev–Trinajstić information content (AvgIpc) is 3.89. The summed E-state index contributed by atoms with van der Waals surface area (Å²) < 4.78 is 4.77. The van der Waals surface area contributed by atoms with Gasteiger partial charge in [0.25, 0.3) is 0 Å². The largest absolute Gasteiger partial charge is 0.339 e. The molecule has 2 aliphatic rings. The Morgan fingerprint density at radius 3 is 1.45 bits per heavy atom. The molecule has 0 unspecified atom stereocenters. The van der Waals surface area contributed by atoms with E-state index in [1.54, 1.807) is 0 Å². The van der Waals surface area contributed by atoms with E-state index in [1.807, 2.05) is 6.07 Å². The Balaban J connectivity index is 1.04. The van der Waals surface area contributed by atoms with Gasteiger partial charge in [0, 0.05) is 49.4 Å². The van der Waals surface area contributed by atoms with Crippen molar-refractivity contribution < 1.29 is 0 Å². The molecule has 55 heavy (non-hydrogen) atoms. The van der Waals surface area contributed by atoms with E-state index in [1.165, 1.54) is 82.3 Å². The van der Waals surface area contributed by atoms with Crippen molar-refractivity contribution in [3.8, 4) is 45.0 Å². The lowest BCUT2D eigenvalue weighted by molar-refractivity contribution is 1.18. The van der Waals surface area contributed by atoms with E-state index < -0.39 is 0 Å². The fraction of sp³-hybridized carbons (Fsp3) is 0. The lowest BCUT2D eigenvalue weighted by Crippen LogP contribution is -1.93. The number of H-pyrrole nitrogens is 1. The van der Waals surface area contributed by atoms with Gasteiger partial charge in [-0.1, -0.05) is 97.1 Å². The summed E-state index contributed by atoms with van der Waals surface area (Å²) in [5.74, 6) is 0.925. The summed E-state index contributed by atoms with van der Waals surface area (Å²) in [6.07, 6.45) is 0. The van der Waals surface area contributed by atoms with Crippen molar-refractivity contribution in [2.45, 2.75) is 0 Å². The Bertz CT molecular complexity index is 3420. The number of pyridine rings is 1. The fourth-order valence-electron chi connectivity index (χ4n) is 8.85. The normalized spacial score (nSPS) is 12.0. The molecule has 0 aliphatic carbocycles. The van der Waals surface area contributed by atoms with E-state index >= 15 is 0 Å². The second kappa shape index (κ2) is 11.5. The van der Waals surface area contributed by atoms with Gasteiger partial charge in [0.15, 0.2) is 0 Å². The highest BCUT2D eigenvalue weighted by atomic mass is 15.0. The number of fused-ring (bicyclic) bond motifs is 10. The van der Waals surface area contributed by atoms with Gasteiger partial charge in [-0.25, -0.2) is 4.98 Å². The molecule has 1 N–H and O–H groups in total. The molecule has 2 aromatic heterocycles. The van der Waals surface area contributed by atoms with Crippen LogP contribution in [-0.4, -0.2) is 19.1 Å². The van der Waals surface area contributed by atoms with Crippen molar-refractivity contribution in [2.75, 3.05) is 0 Å². The molecule has 4 heteroatoms. The smallest absolute Gasteiger partial charge is 0.139 e. The fourth-order valence-corrected chi connectivity index (χ4v) is 8.85. The van der Waals surface area contributed by atoms with E-state index in [0.717, 1.165) is 28.1 Å². The molecule has 256 valence electrons. The number of aromatic amines is 1. The topological polar surface area (TPSA) is 38.5 Å². The number of aromatic nitrogens is 4. The molecule has 12 rings (SSSR count). The first-order valence-electron chi connectivity index (χ1n) is 18.8. The number of hydrogen-bond acceptors (Lipinski definition) is 1. The monoisotopic (exact) mass is 700 g/mol. The van der Waals surface area contributed by atoms with Crippen LogP contribution in [0.1, 0.15) is 0 Å². The van der Waals surface area contributed by atoms with Crippen molar-refractivity contribution in [1.29, 1.82) is 0 Å². The van der Waals surface area contributed by atoms with Gasteiger partial charge < -0.3 is 14.1 Å². The maximum atomic E-state index is 4.85. The second-order valence-electron chi connectivity index (χ2n) is 14.5. The number of para-hydroxylation sites is 4. The van der Waals surface area contributed by atoms with E-state index in [9.17, 15) is 0 Å². The number of benzene rings is 8. The van der Waals surface area contributed by atoms with E-state index in [2.05, 4.69) is 196 Å². The summed E-state index contributed by atoms with van der Waals surface area (Å²) in [7, 11) is 0. The third-order valence-electron chi connectivity index (χ3n) is 11.4. The van der Waals surface area contributed by atoms with Gasteiger partial charge in [-0.05, 0) is 119 Å². The van der Waals surface area contributed by atoms with Crippen LogP contribution in [0.3, 0.4) is 0 Å². The molecule has 4 nitrogen and oxygen atoms in total. The number of nitrogens with zero attached hydrogens (tertiary/aromatic N) is 3. The summed E-state index contributed by atoms with van der Waals surface area (Å²) in [6, 6.07) is 68.3. The van der Waals surface area contributed by atoms with Gasteiger partial charge >= 0.3 is 0 Å². The highest BCUT2D eigenvalue weighted by Gasteiger charge is 2.18. The lowest BCUT2D eigenvalue weighted by atomic mass is 9.98. The van der Waals surface area contributed by atoms with Crippen LogP contribution >= 0.6 is 0 Å². The molecule has 0 saturated heterocycles. The molecular formula is C51H32N4. The Morgan fingerprint density at radius 2 is 0.836 bits per heavy atom. The number of nitrogens with one attached hydrogen (secondary N) is 1. The van der Waals surface area contributed by atoms with Crippen LogP contribution in [-0.2, 0) is 0 Å². The minimum absolute atomic E-state index is 0.925. The van der Waals surface area contributed by atoms with Crippen LogP contribution in [0.4, 0.5) is 0 Å². The molecule has 0 bridgehead atoms. The zero-order valence-corrected chi connectivity index (χ0v) is 29.7. The van der Waals surface area contributed by atoms with Crippen molar-refractivity contribution in [1.82, 2.24) is 19.1 Å². The van der Waals surface area contributed by atoms with Gasteiger partial charge in [-0.2, -0.15) is 0 Å². The molecule has 8 aromatic carbocycles. The number of hydrogen-bond donors (Lipinski definition) is 1. The minimum atomic E-state index is 0.925. The highest BCUT2D eigenvalue weighted by Crippen LogP contribution is 2.40. The Kier molecular flexibility index (Phi) is 6.31. The lowest BCUT2D eigenvalue weighted by Gasteiger charge is -2.09. The highest BCUT2D eigenvalue weighted by molar-refractivity contribution is 6.13. The predicted molar refractivity (Wildman–Crippen MR) is 230 cm³/mol.